The maximum atomic E-state index is 5.53. The van der Waals surface area contributed by atoms with Gasteiger partial charge in [-0.3, -0.25) is 9.89 Å². The van der Waals surface area contributed by atoms with Gasteiger partial charge >= 0.3 is 0 Å². The van der Waals surface area contributed by atoms with E-state index in [-0.39, 0.29) is 30.0 Å². The minimum atomic E-state index is 0. The molecule has 5 nitrogen and oxygen atoms in total. The van der Waals surface area contributed by atoms with Gasteiger partial charge < -0.3 is 15.1 Å². The van der Waals surface area contributed by atoms with Crippen molar-refractivity contribution in [3.63, 3.8) is 0 Å². The lowest BCUT2D eigenvalue weighted by Gasteiger charge is -2.25. The van der Waals surface area contributed by atoms with Gasteiger partial charge in [0.2, 0.25) is 0 Å². The van der Waals surface area contributed by atoms with Gasteiger partial charge in [-0.25, -0.2) is 0 Å². The molecule has 0 amide bonds. The first-order chi connectivity index (χ1) is 10.4. The van der Waals surface area contributed by atoms with Gasteiger partial charge in [-0.2, -0.15) is 0 Å². The van der Waals surface area contributed by atoms with E-state index in [4.69, 9.17) is 4.42 Å². The van der Waals surface area contributed by atoms with E-state index in [0.29, 0.717) is 6.04 Å². The van der Waals surface area contributed by atoms with E-state index in [1.807, 2.05) is 19.2 Å². The van der Waals surface area contributed by atoms with Crippen molar-refractivity contribution < 1.29 is 4.42 Å². The Balaban J connectivity index is 0.00000484. The molecule has 1 heterocycles. The summed E-state index contributed by atoms with van der Waals surface area (Å²) < 4.78 is 5.53. The molecule has 23 heavy (non-hydrogen) atoms. The van der Waals surface area contributed by atoms with Crippen molar-refractivity contribution in [1.82, 2.24) is 15.5 Å². The van der Waals surface area contributed by atoms with Crippen molar-refractivity contribution >= 4 is 29.9 Å². The summed E-state index contributed by atoms with van der Waals surface area (Å²) in [5.74, 6) is 2.53. The molecule has 1 rings (SSSR count). The van der Waals surface area contributed by atoms with E-state index < -0.39 is 0 Å². The molecule has 0 aliphatic rings. The molecular weight excluding hydrogens is 403 g/mol. The zero-order chi connectivity index (χ0) is 16.5. The Hall–Kier alpha value is -0.760. The second-order valence-corrected chi connectivity index (χ2v) is 6.46. The maximum absolute atomic E-state index is 5.53. The standard InChI is InChI=1S/C17H32N4O.HI/c1-13(2)9-10-14(3)20-17(18-4)19-12-15(21(5)6)16-8-7-11-22-16;/h7-8,11,13-15H,9-10,12H2,1-6H3,(H2,18,19,20);1H. The predicted octanol–water partition coefficient (Wildman–Crippen LogP) is 3.49. The second-order valence-electron chi connectivity index (χ2n) is 6.46. The fraction of sp³-hybridized carbons (Fsp3) is 0.706. The molecule has 0 aliphatic carbocycles. The number of halogens is 1. The molecule has 134 valence electrons. The molecule has 0 spiro atoms. The van der Waals surface area contributed by atoms with Gasteiger partial charge in [0.1, 0.15) is 5.76 Å². The zero-order valence-electron chi connectivity index (χ0n) is 15.3. The molecule has 2 N–H and O–H groups in total. The number of nitrogens with zero attached hydrogens (tertiary/aromatic N) is 2. The summed E-state index contributed by atoms with van der Waals surface area (Å²) in [7, 11) is 5.91. The summed E-state index contributed by atoms with van der Waals surface area (Å²) in [6.07, 6.45) is 4.08. The van der Waals surface area contributed by atoms with Crippen LogP contribution >= 0.6 is 24.0 Å². The van der Waals surface area contributed by atoms with Crippen molar-refractivity contribution in [3.8, 4) is 0 Å². The smallest absolute Gasteiger partial charge is 0.191 e. The molecule has 0 aromatic carbocycles. The van der Waals surface area contributed by atoms with Gasteiger partial charge in [-0.15, -0.1) is 24.0 Å². The van der Waals surface area contributed by atoms with Crippen molar-refractivity contribution in [2.24, 2.45) is 10.9 Å². The number of likely N-dealkylation sites (N-methyl/N-ethyl adjacent to an activating group) is 1. The Kier molecular flexibility index (Phi) is 11.3. The highest BCUT2D eigenvalue weighted by Gasteiger charge is 2.17. The predicted molar refractivity (Wildman–Crippen MR) is 109 cm³/mol. The quantitative estimate of drug-likeness (QED) is 0.372. The van der Waals surface area contributed by atoms with Crippen LogP contribution in [-0.2, 0) is 0 Å². The Morgan fingerprint density at radius 2 is 1.96 bits per heavy atom. The lowest BCUT2D eigenvalue weighted by atomic mass is 10.0. The van der Waals surface area contributed by atoms with Crippen LogP contribution in [0.4, 0.5) is 0 Å². The fourth-order valence-corrected chi connectivity index (χ4v) is 2.30. The largest absolute Gasteiger partial charge is 0.468 e. The number of furan rings is 1. The van der Waals surface area contributed by atoms with Crippen LogP contribution in [0.3, 0.4) is 0 Å². The van der Waals surface area contributed by atoms with Gasteiger partial charge in [0.25, 0.3) is 0 Å². The van der Waals surface area contributed by atoms with Crippen LogP contribution in [0.5, 0.6) is 0 Å². The third kappa shape index (κ3) is 8.60. The fourth-order valence-electron chi connectivity index (χ4n) is 2.30. The number of hydrogen-bond acceptors (Lipinski definition) is 3. The molecule has 6 heteroatoms. The maximum Gasteiger partial charge on any atom is 0.191 e. The van der Waals surface area contributed by atoms with E-state index in [2.05, 4.69) is 55.4 Å². The van der Waals surface area contributed by atoms with Crippen LogP contribution in [0.15, 0.2) is 27.8 Å². The third-order valence-corrected chi connectivity index (χ3v) is 3.74. The topological polar surface area (TPSA) is 52.8 Å². The summed E-state index contributed by atoms with van der Waals surface area (Å²) in [5, 5.41) is 6.85. The SMILES string of the molecule is CN=C(NCC(c1ccco1)N(C)C)NC(C)CCC(C)C.I. The van der Waals surface area contributed by atoms with E-state index in [0.717, 1.165) is 30.6 Å². The lowest BCUT2D eigenvalue weighted by molar-refractivity contribution is 0.258. The normalized spacial score (nSPS) is 14.5. The second kappa shape index (κ2) is 11.7. The molecule has 1 aromatic heterocycles. The minimum absolute atomic E-state index is 0. The Morgan fingerprint density at radius 3 is 2.43 bits per heavy atom. The number of aliphatic imine (C=N–C) groups is 1. The zero-order valence-corrected chi connectivity index (χ0v) is 17.6. The van der Waals surface area contributed by atoms with Crippen LogP contribution in [0.1, 0.15) is 45.4 Å². The number of rotatable bonds is 8. The Labute approximate surface area is 158 Å². The summed E-state index contributed by atoms with van der Waals surface area (Å²) in [4.78, 5) is 6.45. The van der Waals surface area contributed by atoms with Gasteiger partial charge in [0.15, 0.2) is 5.96 Å². The highest BCUT2D eigenvalue weighted by molar-refractivity contribution is 14.0. The van der Waals surface area contributed by atoms with Crippen molar-refractivity contribution in [1.29, 1.82) is 0 Å². The van der Waals surface area contributed by atoms with Crippen LogP contribution in [0.2, 0.25) is 0 Å². The first kappa shape index (κ1) is 22.2. The minimum Gasteiger partial charge on any atom is -0.468 e. The van der Waals surface area contributed by atoms with E-state index >= 15 is 0 Å². The van der Waals surface area contributed by atoms with Gasteiger partial charge in [0.05, 0.1) is 12.3 Å². The summed E-state index contributed by atoms with van der Waals surface area (Å²) >= 11 is 0. The molecule has 0 fully saturated rings. The molecule has 0 saturated heterocycles. The number of guanidine groups is 1. The van der Waals surface area contributed by atoms with Crippen LogP contribution in [0, 0.1) is 5.92 Å². The lowest BCUT2D eigenvalue weighted by Crippen LogP contribution is -2.45. The molecule has 0 saturated carbocycles. The molecule has 0 radical (unpaired) electrons. The number of nitrogens with one attached hydrogen (secondary N) is 2. The van der Waals surface area contributed by atoms with Gasteiger partial charge in [-0.1, -0.05) is 13.8 Å². The van der Waals surface area contributed by atoms with Gasteiger partial charge in [0, 0.05) is 19.6 Å². The van der Waals surface area contributed by atoms with Crippen LogP contribution in [-0.4, -0.2) is 44.6 Å². The molecule has 0 aliphatic heterocycles. The highest BCUT2D eigenvalue weighted by atomic mass is 127. The molecule has 2 atom stereocenters. The average Bonchev–Trinajstić information content (AvgIpc) is 2.97. The van der Waals surface area contributed by atoms with Crippen LogP contribution in [0.25, 0.3) is 0 Å². The summed E-state index contributed by atoms with van der Waals surface area (Å²) in [6.45, 7) is 7.46. The Bertz CT molecular complexity index is 432. The number of hydrogen-bond donors (Lipinski definition) is 2. The molecular formula is C17H33IN4O. The first-order valence-electron chi connectivity index (χ1n) is 8.11. The van der Waals surface area contributed by atoms with E-state index in [1.165, 1.54) is 6.42 Å². The molecule has 0 bridgehead atoms. The average molecular weight is 436 g/mol. The molecule has 2 unspecified atom stereocenters. The molecule has 1 aromatic rings. The van der Waals surface area contributed by atoms with E-state index in [1.54, 1.807) is 6.26 Å². The van der Waals surface area contributed by atoms with Gasteiger partial charge in [-0.05, 0) is 51.9 Å². The summed E-state index contributed by atoms with van der Waals surface area (Å²) in [5.41, 5.74) is 0. The van der Waals surface area contributed by atoms with Crippen molar-refractivity contribution in [2.75, 3.05) is 27.7 Å². The third-order valence-electron chi connectivity index (χ3n) is 3.74. The van der Waals surface area contributed by atoms with Crippen molar-refractivity contribution in [2.45, 2.75) is 45.7 Å². The monoisotopic (exact) mass is 436 g/mol. The first-order valence-corrected chi connectivity index (χ1v) is 8.11. The van der Waals surface area contributed by atoms with E-state index in [9.17, 15) is 0 Å². The highest BCUT2D eigenvalue weighted by Crippen LogP contribution is 2.17. The summed E-state index contributed by atoms with van der Waals surface area (Å²) in [6, 6.07) is 4.52. The Morgan fingerprint density at radius 1 is 1.26 bits per heavy atom. The van der Waals surface area contributed by atoms with Crippen molar-refractivity contribution in [3.05, 3.63) is 24.2 Å². The van der Waals surface area contributed by atoms with Crippen LogP contribution < -0.4 is 10.6 Å².